The molecule has 5 nitrogen and oxygen atoms in total. The average Bonchev–Trinajstić information content (AvgIpc) is 3.25. The van der Waals surface area contributed by atoms with Gasteiger partial charge in [0.1, 0.15) is 0 Å². The van der Waals surface area contributed by atoms with Crippen LogP contribution in [0.15, 0.2) is 50.8 Å². The van der Waals surface area contributed by atoms with Crippen LogP contribution in [0.2, 0.25) is 0 Å². The third-order valence-electron chi connectivity index (χ3n) is 3.52. The number of hydrogen-bond acceptors (Lipinski definition) is 5. The van der Waals surface area contributed by atoms with E-state index in [-0.39, 0.29) is 5.91 Å². The topological polar surface area (TPSA) is 59.2 Å². The molecule has 7 heteroatoms. The highest BCUT2D eigenvalue weighted by molar-refractivity contribution is 9.10. The number of amides is 1. The number of thiophene rings is 1. The molecule has 2 heterocycles. The lowest BCUT2D eigenvalue weighted by molar-refractivity contribution is -0.130. The molecule has 0 radical (unpaired) electrons. The predicted molar refractivity (Wildman–Crippen MR) is 96.5 cm³/mol. The van der Waals surface area contributed by atoms with Gasteiger partial charge in [0.25, 0.3) is 0 Å². The lowest BCUT2D eigenvalue weighted by Gasteiger charge is -2.16. The van der Waals surface area contributed by atoms with Crippen molar-refractivity contribution in [1.82, 2.24) is 15.0 Å². The minimum absolute atomic E-state index is 0.0498. The van der Waals surface area contributed by atoms with Crippen LogP contribution >= 0.6 is 27.3 Å². The molecule has 124 valence electrons. The number of nitrogens with zero attached hydrogens (tertiary/aromatic N) is 3. The molecule has 0 aliphatic carbocycles. The van der Waals surface area contributed by atoms with Crippen molar-refractivity contribution in [2.45, 2.75) is 19.4 Å². The number of carbonyl (C=O) groups is 1. The van der Waals surface area contributed by atoms with Crippen LogP contribution in [0.1, 0.15) is 17.9 Å². The number of halogens is 1. The number of hydrogen-bond donors (Lipinski definition) is 0. The molecule has 0 N–H and O–H groups in total. The first-order valence-corrected chi connectivity index (χ1v) is 9.14. The molecule has 3 aromatic rings. The SMILES string of the molecule is CN(Cc1ccc(Br)cc1)C(=O)CCc1nc(-c2cccs2)no1. The van der Waals surface area contributed by atoms with E-state index >= 15 is 0 Å². The highest BCUT2D eigenvalue weighted by atomic mass is 79.9. The lowest BCUT2D eigenvalue weighted by Crippen LogP contribution is -2.26. The Balaban J connectivity index is 1.52. The van der Waals surface area contributed by atoms with Crippen LogP contribution in [0.4, 0.5) is 0 Å². The zero-order chi connectivity index (χ0) is 16.9. The monoisotopic (exact) mass is 405 g/mol. The summed E-state index contributed by atoms with van der Waals surface area (Å²) in [4.78, 5) is 19.3. The molecule has 1 aromatic carbocycles. The van der Waals surface area contributed by atoms with Gasteiger partial charge in [-0.1, -0.05) is 39.3 Å². The van der Waals surface area contributed by atoms with Gasteiger partial charge in [-0.05, 0) is 29.1 Å². The summed E-state index contributed by atoms with van der Waals surface area (Å²) >= 11 is 4.96. The summed E-state index contributed by atoms with van der Waals surface area (Å²) in [6.45, 7) is 0.580. The molecule has 0 fully saturated rings. The van der Waals surface area contributed by atoms with Crippen molar-refractivity contribution < 1.29 is 9.32 Å². The lowest BCUT2D eigenvalue weighted by atomic mass is 10.2. The van der Waals surface area contributed by atoms with Crippen molar-refractivity contribution in [3.63, 3.8) is 0 Å². The van der Waals surface area contributed by atoms with Crippen LogP contribution in [0.3, 0.4) is 0 Å². The van der Waals surface area contributed by atoms with Gasteiger partial charge in [-0.15, -0.1) is 11.3 Å². The normalized spacial score (nSPS) is 10.8. The second-order valence-electron chi connectivity index (χ2n) is 5.37. The van der Waals surface area contributed by atoms with Crippen LogP contribution in [-0.2, 0) is 17.8 Å². The first kappa shape index (κ1) is 16.9. The van der Waals surface area contributed by atoms with E-state index in [0.29, 0.717) is 31.1 Å². The Morgan fingerprint density at radius 3 is 2.79 bits per heavy atom. The minimum Gasteiger partial charge on any atom is -0.341 e. The summed E-state index contributed by atoms with van der Waals surface area (Å²) in [7, 11) is 1.80. The fraction of sp³-hybridized carbons (Fsp3) is 0.235. The summed E-state index contributed by atoms with van der Waals surface area (Å²) in [5.41, 5.74) is 1.09. The van der Waals surface area contributed by atoms with Gasteiger partial charge in [0, 0.05) is 30.9 Å². The second kappa shape index (κ2) is 7.72. The Kier molecular flexibility index (Phi) is 5.42. The summed E-state index contributed by atoms with van der Waals surface area (Å²) in [5.74, 6) is 1.12. The van der Waals surface area contributed by atoms with E-state index in [1.54, 1.807) is 23.3 Å². The molecule has 0 saturated heterocycles. The summed E-state index contributed by atoms with van der Waals surface area (Å²) in [6.07, 6.45) is 0.793. The Bertz CT molecular complexity index is 800. The van der Waals surface area contributed by atoms with Crippen LogP contribution in [0.25, 0.3) is 10.7 Å². The molecule has 0 spiro atoms. The van der Waals surface area contributed by atoms with Gasteiger partial charge in [0.15, 0.2) is 0 Å². The van der Waals surface area contributed by atoms with Crippen molar-refractivity contribution in [2.75, 3.05) is 7.05 Å². The van der Waals surface area contributed by atoms with Crippen molar-refractivity contribution in [1.29, 1.82) is 0 Å². The first-order valence-electron chi connectivity index (χ1n) is 7.46. The zero-order valence-corrected chi connectivity index (χ0v) is 15.5. The molecule has 0 aliphatic heterocycles. The molecule has 0 aliphatic rings. The van der Waals surface area contributed by atoms with Crippen molar-refractivity contribution >= 4 is 33.2 Å². The van der Waals surface area contributed by atoms with Crippen LogP contribution in [-0.4, -0.2) is 28.0 Å². The van der Waals surface area contributed by atoms with Gasteiger partial charge >= 0.3 is 0 Å². The van der Waals surface area contributed by atoms with E-state index in [1.807, 2.05) is 41.8 Å². The van der Waals surface area contributed by atoms with E-state index in [4.69, 9.17) is 4.52 Å². The Morgan fingerprint density at radius 1 is 1.29 bits per heavy atom. The summed E-state index contributed by atoms with van der Waals surface area (Å²) < 4.78 is 6.25. The van der Waals surface area contributed by atoms with E-state index < -0.39 is 0 Å². The van der Waals surface area contributed by atoms with Crippen LogP contribution in [0.5, 0.6) is 0 Å². The molecule has 2 aromatic heterocycles. The molecular formula is C17H16BrN3O2S. The number of rotatable bonds is 6. The van der Waals surface area contributed by atoms with E-state index in [0.717, 1.165) is 14.9 Å². The van der Waals surface area contributed by atoms with Gasteiger partial charge < -0.3 is 9.42 Å². The smallest absolute Gasteiger partial charge is 0.227 e. The Morgan fingerprint density at radius 2 is 2.08 bits per heavy atom. The number of aryl methyl sites for hydroxylation is 1. The summed E-state index contributed by atoms with van der Waals surface area (Å²) in [5, 5.41) is 5.92. The first-order chi connectivity index (χ1) is 11.6. The number of carbonyl (C=O) groups excluding carboxylic acids is 1. The molecule has 0 saturated carbocycles. The molecule has 0 bridgehead atoms. The van der Waals surface area contributed by atoms with Crippen molar-refractivity contribution in [3.05, 3.63) is 57.7 Å². The van der Waals surface area contributed by atoms with Gasteiger partial charge in [-0.25, -0.2) is 0 Å². The minimum atomic E-state index is 0.0498. The van der Waals surface area contributed by atoms with E-state index in [9.17, 15) is 4.79 Å². The third-order valence-corrected chi connectivity index (χ3v) is 4.92. The largest absolute Gasteiger partial charge is 0.341 e. The zero-order valence-electron chi connectivity index (χ0n) is 13.1. The van der Waals surface area contributed by atoms with E-state index in [1.165, 1.54) is 0 Å². The average molecular weight is 406 g/mol. The van der Waals surface area contributed by atoms with Crippen LogP contribution in [0, 0.1) is 0 Å². The second-order valence-corrected chi connectivity index (χ2v) is 7.23. The van der Waals surface area contributed by atoms with Crippen molar-refractivity contribution in [3.8, 4) is 10.7 Å². The number of aromatic nitrogens is 2. The quantitative estimate of drug-likeness (QED) is 0.617. The highest BCUT2D eigenvalue weighted by Crippen LogP contribution is 2.21. The maximum Gasteiger partial charge on any atom is 0.227 e. The Hall–Kier alpha value is -1.99. The standard InChI is InChI=1S/C17H16BrN3O2S/c1-21(11-12-4-6-13(18)7-5-12)16(22)9-8-15-19-17(20-23-15)14-3-2-10-24-14/h2-7,10H,8-9,11H2,1H3. The molecule has 24 heavy (non-hydrogen) atoms. The maximum atomic E-state index is 12.3. The Labute approximate surface area is 152 Å². The third kappa shape index (κ3) is 4.30. The van der Waals surface area contributed by atoms with Gasteiger partial charge in [0.05, 0.1) is 4.88 Å². The highest BCUT2D eigenvalue weighted by Gasteiger charge is 2.14. The van der Waals surface area contributed by atoms with Crippen LogP contribution < -0.4 is 0 Å². The molecule has 1 amide bonds. The fourth-order valence-electron chi connectivity index (χ4n) is 2.22. The fourth-order valence-corrected chi connectivity index (χ4v) is 3.13. The maximum absolute atomic E-state index is 12.3. The number of benzene rings is 1. The molecular weight excluding hydrogens is 390 g/mol. The van der Waals surface area contributed by atoms with E-state index in [2.05, 4.69) is 26.1 Å². The predicted octanol–water partition coefficient (Wildman–Crippen LogP) is 4.15. The van der Waals surface area contributed by atoms with Gasteiger partial charge in [-0.2, -0.15) is 4.98 Å². The molecule has 0 unspecified atom stereocenters. The molecule has 0 atom stereocenters. The molecule has 3 rings (SSSR count). The van der Waals surface area contributed by atoms with Crippen molar-refractivity contribution in [2.24, 2.45) is 0 Å². The van der Waals surface area contributed by atoms with Gasteiger partial charge in [0.2, 0.25) is 17.6 Å². The summed E-state index contributed by atoms with van der Waals surface area (Å²) in [6, 6.07) is 11.8. The van der Waals surface area contributed by atoms with Gasteiger partial charge in [-0.3, -0.25) is 4.79 Å².